The molecule has 0 aliphatic carbocycles. The standard InChI is InChI=1S/C16H12N2O2/c1-20-13-8-12(9-17-10-13)16(19)14-6-2-4-11-5-3-7-18-15(11)14/h2-10H,1H3. The third-order valence-corrected chi connectivity index (χ3v) is 3.09. The van der Waals surface area contributed by atoms with Gasteiger partial charge in [-0.3, -0.25) is 14.8 Å². The Morgan fingerprint density at radius 1 is 1.15 bits per heavy atom. The van der Waals surface area contributed by atoms with Gasteiger partial charge in [-0.25, -0.2) is 0 Å². The minimum absolute atomic E-state index is 0.110. The molecule has 3 rings (SSSR count). The average molecular weight is 264 g/mol. The molecule has 0 N–H and O–H groups in total. The van der Waals surface area contributed by atoms with Crippen molar-refractivity contribution in [2.75, 3.05) is 7.11 Å². The molecule has 0 bridgehead atoms. The van der Waals surface area contributed by atoms with Gasteiger partial charge < -0.3 is 4.74 Å². The molecule has 0 atom stereocenters. The Bertz CT molecular complexity index is 779. The minimum atomic E-state index is -0.110. The second-order valence-electron chi connectivity index (χ2n) is 4.32. The number of nitrogens with zero attached hydrogens (tertiary/aromatic N) is 2. The highest BCUT2D eigenvalue weighted by atomic mass is 16.5. The molecule has 0 spiro atoms. The first-order chi connectivity index (χ1) is 9.79. The summed E-state index contributed by atoms with van der Waals surface area (Å²) < 4.78 is 5.10. The molecule has 4 nitrogen and oxygen atoms in total. The van der Waals surface area contributed by atoms with E-state index in [0.717, 1.165) is 5.39 Å². The minimum Gasteiger partial charge on any atom is -0.495 e. The van der Waals surface area contributed by atoms with Crippen LogP contribution in [0.5, 0.6) is 5.75 Å². The van der Waals surface area contributed by atoms with E-state index in [-0.39, 0.29) is 5.78 Å². The number of aromatic nitrogens is 2. The Kier molecular flexibility index (Phi) is 3.13. The van der Waals surface area contributed by atoms with Gasteiger partial charge in [0.1, 0.15) is 5.75 Å². The molecule has 0 radical (unpaired) electrons. The van der Waals surface area contributed by atoms with Gasteiger partial charge >= 0.3 is 0 Å². The average Bonchev–Trinajstić information content (AvgIpc) is 2.53. The fraction of sp³-hybridized carbons (Fsp3) is 0.0625. The van der Waals surface area contributed by atoms with Crippen LogP contribution in [0.15, 0.2) is 55.0 Å². The van der Waals surface area contributed by atoms with Gasteiger partial charge in [0.2, 0.25) is 0 Å². The number of fused-ring (bicyclic) bond motifs is 1. The molecular weight excluding hydrogens is 252 g/mol. The zero-order valence-corrected chi connectivity index (χ0v) is 10.9. The number of hydrogen-bond acceptors (Lipinski definition) is 4. The highest BCUT2D eigenvalue weighted by Crippen LogP contribution is 2.20. The summed E-state index contributed by atoms with van der Waals surface area (Å²) in [6.07, 6.45) is 4.79. The monoisotopic (exact) mass is 264 g/mol. The molecule has 0 amide bonds. The molecular formula is C16H12N2O2. The Morgan fingerprint density at radius 2 is 2.00 bits per heavy atom. The molecule has 98 valence electrons. The van der Waals surface area contributed by atoms with Crippen LogP contribution < -0.4 is 4.74 Å². The van der Waals surface area contributed by atoms with Crippen molar-refractivity contribution in [1.82, 2.24) is 9.97 Å². The second kappa shape index (κ2) is 5.09. The number of carbonyl (C=O) groups is 1. The molecule has 0 aliphatic rings. The zero-order valence-electron chi connectivity index (χ0n) is 10.9. The number of rotatable bonds is 3. The van der Waals surface area contributed by atoms with E-state index in [1.165, 1.54) is 6.20 Å². The van der Waals surface area contributed by atoms with Crippen LogP contribution in [0.25, 0.3) is 10.9 Å². The third kappa shape index (κ3) is 2.12. The van der Waals surface area contributed by atoms with Crippen LogP contribution in [0.1, 0.15) is 15.9 Å². The van der Waals surface area contributed by atoms with Crippen molar-refractivity contribution in [3.63, 3.8) is 0 Å². The predicted octanol–water partition coefficient (Wildman–Crippen LogP) is 2.87. The maximum absolute atomic E-state index is 12.6. The van der Waals surface area contributed by atoms with Gasteiger partial charge in [0, 0.05) is 28.9 Å². The van der Waals surface area contributed by atoms with Crippen LogP contribution in [0.4, 0.5) is 0 Å². The lowest BCUT2D eigenvalue weighted by molar-refractivity contribution is 0.103. The Labute approximate surface area is 116 Å². The first-order valence-corrected chi connectivity index (χ1v) is 6.17. The molecule has 2 heterocycles. The van der Waals surface area contributed by atoms with Crippen molar-refractivity contribution < 1.29 is 9.53 Å². The van der Waals surface area contributed by atoms with Gasteiger partial charge in [0.05, 0.1) is 18.8 Å². The Hall–Kier alpha value is -2.75. The van der Waals surface area contributed by atoms with Crippen molar-refractivity contribution in [3.8, 4) is 5.75 Å². The highest BCUT2D eigenvalue weighted by Gasteiger charge is 2.14. The zero-order chi connectivity index (χ0) is 13.9. The molecule has 0 unspecified atom stereocenters. The summed E-state index contributed by atoms with van der Waals surface area (Å²) in [6, 6.07) is 11.0. The van der Waals surface area contributed by atoms with Crippen molar-refractivity contribution >= 4 is 16.7 Å². The van der Waals surface area contributed by atoms with Crippen LogP contribution in [-0.4, -0.2) is 22.9 Å². The molecule has 2 aromatic heterocycles. The molecule has 3 aromatic rings. The molecule has 0 saturated carbocycles. The summed E-state index contributed by atoms with van der Waals surface area (Å²) in [7, 11) is 1.55. The number of pyridine rings is 2. The molecule has 0 fully saturated rings. The van der Waals surface area contributed by atoms with Crippen LogP contribution in [-0.2, 0) is 0 Å². The van der Waals surface area contributed by atoms with Crippen LogP contribution in [0, 0.1) is 0 Å². The van der Waals surface area contributed by atoms with Crippen LogP contribution in [0.3, 0.4) is 0 Å². The summed E-state index contributed by atoms with van der Waals surface area (Å²) in [6.45, 7) is 0. The largest absolute Gasteiger partial charge is 0.495 e. The van der Waals surface area contributed by atoms with Crippen molar-refractivity contribution in [2.24, 2.45) is 0 Å². The van der Waals surface area contributed by atoms with E-state index in [9.17, 15) is 4.79 Å². The summed E-state index contributed by atoms with van der Waals surface area (Å²) in [5.41, 5.74) is 1.75. The van der Waals surface area contributed by atoms with E-state index in [1.54, 1.807) is 31.6 Å². The number of ketones is 1. The quantitative estimate of drug-likeness (QED) is 0.682. The Morgan fingerprint density at radius 3 is 2.85 bits per heavy atom. The summed E-state index contributed by atoms with van der Waals surface area (Å²) >= 11 is 0. The SMILES string of the molecule is COc1cncc(C(=O)c2cccc3cccnc23)c1. The lowest BCUT2D eigenvalue weighted by atomic mass is 10.0. The van der Waals surface area contributed by atoms with Crippen molar-refractivity contribution in [1.29, 1.82) is 0 Å². The summed E-state index contributed by atoms with van der Waals surface area (Å²) in [5.74, 6) is 0.449. The maximum atomic E-state index is 12.6. The van der Waals surface area contributed by atoms with Crippen LogP contribution >= 0.6 is 0 Å². The number of methoxy groups -OCH3 is 1. The molecule has 0 aliphatic heterocycles. The van der Waals surface area contributed by atoms with E-state index in [1.807, 2.05) is 24.3 Å². The first-order valence-electron chi connectivity index (χ1n) is 6.17. The molecule has 0 saturated heterocycles. The topological polar surface area (TPSA) is 52.1 Å². The van der Waals surface area contributed by atoms with E-state index in [2.05, 4.69) is 9.97 Å². The van der Waals surface area contributed by atoms with Gasteiger partial charge in [0.15, 0.2) is 5.78 Å². The number of para-hydroxylation sites is 1. The third-order valence-electron chi connectivity index (χ3n) is 3.09. The second-order valence-corrected chi connectivity index (χ2v) is 4.32. The smallest absolute Gasteiger partial charge is 0.196 e. The first kappa shape index (κ1) is 12.3. The summed E-state index contributed by atoms with van der Waals surface area (Å²) in [5, 5.41) is 0.939. The number of ether oxygens (including phenoxy) is 1. The number of carbonyl (C=O) groups excluding carboxylic acids is 1. The van der Waals surface area contributed by atoms with Crippen LogP contribution in [0.2, 0.25) is 0 Å². The highest BCUT2D eigenvalue weighted by molar-refractivity contribution is 6.15. The lowest BCUT2D eigenvalue weighted by Gasteiger charge is -2.06. The lowest BCUT2D eigenvalue weighted by Crippen LogP contribution is -2.04. The van der Waals surface area contributed by atoms with Gasteiger partial charge in [-0.2, -0.15) is 0 Å². The van der Waals surface area contributed by atoms with Gasteiger partial charge in [-0.1, -0.05) is 18.2 Å². The fourth-order valence-corrected chi connectivity index (χ4v) is 2.10. The molecule has 1 aromatic carbocycles. The van der Waals surface area contributed by atoms with Gasteiger partial charge in [-0.05, 0) is 18.2 Å². The van der Waals surface area contributed by atoms with Crippen molar-refractivity contribution in [2.45, 2.75) is 0 Å². The fourth-order valence-electron chi connectivity index (χ4n) is 2.10. The molecule has 20 heavy (non-hydrogen) atoms. The molecule has 4 heteroatoms. The van der Waals surface area contributed by atoms with E-state index in [0.29, 0.717) is 22.4 Å². The Balaban J connectivity index is 2.12. The normalized spacial score (nSPS) is 10.4. The van der Waals surface area contributed by atoms with Gasteiger partial charge in [0.25, 0.3) is 0 Å². The van der Waals surface area contributed by atoms with E-state index in [4.69, 9.17) is 4.74 Å². The maximum Gasteiger partial charge on any atom is 0.196 e. The summed E-state index contributed by atoms with van der Waals surface area (Å²) in [4.78, 5) is 20.9. The van der Waals surface area contributed by atoms with Crippen molar-refractivity contribution in [3.05, 3.63) is 66.1 Å². The number of benzene rings is 1. The number of hydrogen-bond donors (Lipinski definition) is 0. The predicted molar refractivity (Wildman–Crippen MR) is 76.0 cm³/mol. The van der Waals surface area contributed by atoms with Gasteiger partial charge in [-0.15, -0.1) is 0 Å². The van der Waals surface area contributed by atoms with E-state index >= 15 is 0 Å². The van der Waals surface area contributed by atoms with E-state index < -0.39 is 0 Å².